The lowest BCUT2D eigenvalue weighted by atomic mass is 10.0. The first-order valence-electron chi connectivity index (χ1n) is 7.51. The normalized spacial score (nSPS) is 21.8. The highest BCUT2D eigenvalue weighted by atomic mass is 16.1. The maximum atomic E-state index is 11.9. The van der Waals surface area contributed by atoms with Gasteiger partial charge in [-0.3, -0.25) is 4.79 Å². The number of nitrogens with two attached hydrogens (primary N) is 1. The van der Waals surface area contributed by atoms with Crippen LogP contribution in [0.5, 0.6) is 0 Å². The van der Waals surface area contributed by atoms with Crippen molar-refractivity contribution in [3.8, 4) is 0 Å². The Bertz CT molecular complexity index is 473. The van der Waals surface area contributed by atoms with Crippen LogP contribution in [0.1, 0.15) is 42.1 Å². The fourth-order valence-electron chi connectivity index (χ4n) is 2.89. The number of aryl methyl sites for hydroxylation is 1. The minimum absolute atomic E-state index is 0.0163. The van der Waals surface area contributed by atoms with Crippen LogP contribution in [0, 0.1) is 12.8 Å². The van der Waals surface area contributed by atoms with Crippen molar-refractivity contribution < 1.29 is 4.79 Å². The number of anilines is 1. The molecule has 4 heteroatoms. The zero-order chi connectivity index (χ0) is 14.5. The first kappa shape index (κ1) is 14.9. The summed E-state index contributed by atoms with van der Waals surface area (Å²) < 4.78 is 0. The van der Waals surface area contributed by atoms with Crippen molar-refractivity contribution in [1.82, 2.24) is 5.32 Å². The van der Waals surface area contributed by atoms with E-state index in [4.69, 9.17) is 5.73 Å². The third-order valence-corrected chi connectivity index (χ3v) is 4.14. The molecule has 0 radical (unpaired) electrons. The predicted octanol–water partition coefficient (Wildman–Crippen LogP) is 2.28. The van der Waals surface area contributed by atoms with E-state index in [1.807, 2.05) is 25.1 Å². The average molecular weight is 275 g/mol. The summed E-state index contributed by atoms with van der Waals surface area (Å²) in [5.74, 6) is 0.528. The second-order valence-corrected chi connectivity index (χ2v) is 5.57. The number of hydrogen-bond donors (Lipinski definition) is 3. The highest BCUT2D eigenvalue weighted by molar-refractivity contribution is 5.95. The van der Waals surface area contributed by atoms with E-state index in [0.29, 0.717) is 24.1 Å². The molecule has 1 aromatic rings. The molecular formula is C16H25N3O. The lowest BCUT2D eigenvalue weighted by molar-refractivity contribution is 0.0956. The zero-order valence-electron chi connectivity index (χ0n) is 12.4. The Morgan fingerprint density at radius 1 is 1.40 bits per heavy atom. The summed E-state index contributed by atoms with van der Waals surface area (Å²) in [6.45, 7) is 5.37. The Labute approximate surface area is 121 Å². The Morgan fingerprint density at radius 3 is 2.90 bits per heavy atom. The van der Waals surface area contributed by atoms with Gasteiger partial charge in [-0.25, -0.2) is 0 Å². The van der Waals surface area contributed by atoms with Crippen LogP contribution in [0.2, 0.25) is 0 Å². The lowest BCUT2D eigenvalue weighted by Crippen LogP contribution is -2.30. The van der Waals surface area contributed by atoms with E-state index in [2.05, 4.69) is 17.6 Å². The van der Waals surface area contributed by atoms with Crippen molar-refractivity contribution in [1.29, 1.82) is 0 Å². The molecule has 2 atom stereocenters. The molecule has 1 aromatic carbocycles. The first-order chi connectivity index (χ1) is 9.65. The van der Waals surface area contributed by atoms with Gasteiger partial charge in [0.15, 0.2) is 0 Å². The Kier molecular flexibility index (Phi) is 5.01. The second kappa shape index (κ2) is 6.75. The summed E-state index contributed by atoms with van der Waals surface area (Å²) in [5, 5.41) is 6.42. The molecule has 0 aliphatic heterocycles. The summed E-state index contributed by atoms with van der Waals surface area (Å²) in [5.41, 5.74) is 8.76. The Hall–Kier alpha value is -1.55. The quantitative estimate of drug-likeness (QED) is 0.772. The third-order valence-electron chi connectivity index (χ3n) is 4.14. The van der Waals surface area contributed by atoms with Crippen LogP contribution in [0.25, 0.3) is 0 Å². The zero-order valence-corrected chi connectivity index (χ0v) is 12.4. The summed E-state index contributed by atoms with van der Waals surface area (Å²) in [4.78, 5) is 11.9. The van der Waals surface area contributed by atoms with Crippen LogP contribution in [0.3, 0.4) is 0 Å². The van der Waals surface area contributed by atoms with Crippen LogP contribution >= 0.6 is 0 Å². The highest BCUT2D eigenvalue weighted by Gasteiger charge is 2.26. The predicted molar refractivity (Wildman–Crippen MR) is 83.0 cm³/mol. The standard InChI is InChI=1S/C16H25N3O/c1-3-18-16(20)12-8-7-11(2)15(9-12)19-14-6-4-5-13(14)10-17/h7-9,13-14,19H,3-6,10,17H2,1-2H3,(H,18,20). The third kappa shape index (κ3) is 3.31. The largest absolute Gasteiger partial charge is 0.382 e. The van der Waals surface area contributed by atoms with Crippen LogP contribution < -0.4 is 16.4 Å². The molecule has 1 saturated carbocycles. The number of amides is 1. The summed E-state index contributed by atoms with van der Waals surface area (Å²) in [6, 6.07) is 6.26. The Morgan fingerprint density at radius 2 is 2.20 bits per heavy atom. The fourth-order valence-corrected chi connectivity index (χ4v) is 2.89. The van der Waals surface area contributed by atoms with Gasteiger partial charge in [0.2, 0.25) is 0 Å². The fraction of sp³-hybridized carbons (Fsp3) is 0.562. The monoisotopic (exact) mass is 275 g/mol. The number of carbonyl (C=O) groups is 1. The van der Waals surface area contributed by atoms with Crippen LogP contribution in [-0.4, -0.2) is 25.0 Å². The molecule has 1 amide bonds. The molecule has 1 aliphatic rings. The van der Waals surface area contributed by atoms with Crippen LogP contribution in [0.4, 0.5) is 5.69 Å². The summed E-state index contributed by atoms with van der Waals surface area (Å²) in [7, 11) is 0. The molecule has 0 aromatic heterocycles. The lowest BCUT2D eigenvalue weighted by Gasteiger charge is -2.22. The van der Waals surface area contributed by atoms with Gasteiger partial charge < -0.3 is 16.4 Å². The molecule has 110 valence electrons. The maximum absolute atomic E-state index is 11.9. The van der Waals surface area contributed by atoms with Gasteiger partial charge in [0.1, 0.15) is 0 Å². The molecule has 20 heavy (non-hydrogen) atoms. The van der Waals surface area contributed by atoms with Gasteiger partial charge in [-0.15, -0.1) is 0 Å². The molecule has 2 rings (SSSR count). The minimum atomic E-state index is -0.0163. The van der Waals surface area contributed by atoms with E-state index in [1.165, 1.54) is 18.4 Å². The van der Waals surface area contributed by atoms with E-state index >= 15 is 0 Å². The van der Waals surface area contributed by atoms with Gasteiger partial charge >= 0.3 is 0 Å². The molecule has 1 fully saturated rings. The Balaban J connectivity index is 2.14. The van der Waals surface area contributed by atoms with E-state index in [1.54, 1.807) is 0 Å². The molecule has 4 nitrogen and oxygen atoms in total. The van der Waals surface area contributed by atoms with E-state index in [0.717, 1.165) is 18.7 Å². The van der Waals surface area contributed by atoms with Crippen molar-refractivity contribution in [2.24, 2.45) is 11.7 Å². The van der Waals surface area contributed by atoms with Gasteiger partial charge in [-0.2, -0.15) is 0 Å². The molecule has 4 N–H and O–H groups in total. The number of hydrogen-bond acceptors (Lipinski definition) is 3. The topological polar surface area (TPSA) is 67.2 Å². The van der Waals surface area contributed by atoms with Crippen molar-refractivity contribution in [3.63, 3.8) is 0 Å². The minimum Gasteiger partial charge on any atom is -0.382 e. The van der Waals surface area contributed by atoms with Crippen molar-refractivity contribution >= 4 is 11.6 Å². The van der Waals surface area contributed by atoms with Gasteiger partial charge in [0.05, 0.1) is 0 Å². The summed E-state index contributed by atoms with van der Waals surface area (Å²) >= 11 is 0. The number of carbonyl (C=O) groups excluding carboxylic acids is 1. The molecule has 0 heterocycles. The molecule has 0 saturated heterocycles. The average Bonchev–Trinajstić information content (AvgIpc) is 2.88. The van der Waals surface area contributed by atoms with Crippen LogP contribution in [-0.2, 0) is 0 Å². The molecule has 1 aliphatic carbocycles. The number of rotatable bonds is 5. The maximum Gasteiger partial charge on any atom is 0.251 e. The van der Waals surface area contributed by atoms with E-state index < -0.39 is 0 Å². The molecule has 0 bridgehead atoms. The van der Waals surface area contributed by atoms with Crippen LogP contribution in [0.15, 0.2) is 18.2 Å². The second-order valence-electron chi connectivity index (χ2n) is 5.57. The van der Waals surface area contributed by atoms with E-state index in [9.17, 15) is 4.79 Å². The first-order valence-corrected chi connectivity index (χ1v) is 7.51. The molecular weight excluding hydrogens is 250 g/mol. The number of benzene rings is 1. The van der Waals surface area contributed by atoms with Gasteiger partial charge in [-0.1, -0.05) is 12.5 Å². The van der Waals surface area contributed by atoms with Crippen molar-refractivity contribution in [3.05, 3.63) is 29.3 Å². The van der Waals surface area contributed by atoms with Gasteiger partial charge in [0, 0.05) is 23.8 Å². The molecule has 0 spiro atoms. The van der Waals surface area contributed by atoms with E-state index in [-0.39, 0.29) is 5.91 Å². The van der Waals surface area contributed by atoms with Gasteiger partial charge in [0.25, 0.3) is 5.91 Å². The smallest absolute Gasteiger partial charge is 0.251 e. The summed E-state index contributed by atoms with van der Waals surface area (Å²) in [6.07, 6.45) is 3.59. The van der Waals surface area contributed by atoms with Crippen molar-refractivity contribution in [2.45, 2.75) is 39.2 Å². The van der Waals surface area contributed by atoms with Gasteiger partial charge in [-0.05, 0) is 56.8 Å². The number of nitrogens with one attached hydrogen (secondary N) is 2. The highest BCUT2D eigenvalue weighted by Crippen LogP contribution is 2.29. The SMILES string of the molecule is CCNC(=O)c1ccc(C)c(NC2CCCC2CN)c1. The molecule has 2 unspecified atom stereocenters. The van der Waals surface area contributed by atoms with Crippen molar-refractivity contribution in [2.75, 3.05) is 18.4 Å².